The number of hydrogen-bond donors (Lipinski definition) is 1. The molecule has 2 atom stereocenters. The second-order valence-corrected chi connectivity index (χ2v) is 8.99. The summed E-state index contributed by atoms with van der Waals surface area (Å²) >= 11 is 0. The van der Waals surface area contributed by atoms with Gasteiger partial charge >= 0.3 is 0 Å². The largest absolute Gasteiger partial charge is 0.461 e. The van der Waals surface area contributed by atoms with E-state index in [1.54, 1.807) is 18.4 Å². The Bertz CT molecular complexity index is 1500. The van der Waals surface area contributed by atoms with Gasteiger partial charge in [-0.05, 0) is 43.1 Å². The lowest BCUT2D eigenvalue weighted by Gasteiger charge is -2.24. The van der Waals surface area contributed by atoms with Gasteiger partial charge in [-0.25, -0.2) is 0 Å². The highest BCUT2D eigenvalue weighted by molar-refractivity contribution is 5.78. The molecular formula is C24H23N9O. The van der Waals surface area contributed by atoms with Crippen LogP contribution in [0.25, 0.3) is 28.3 Å². The Hall–Kier alpha value is -4.05. The molecule has 0 aliphatic carbocycles. The minimum atomic E-state index is 0.264. The van der Waals surface area contributed by atoms with E-state index in [0.717, 1.165) is 43.8 Å². The first-order valence-corrected chi connectivity index (χ1v) is 11.5. The molecule has 0 saturated carbocycles. The smallest absolute Gasteiger partial charge is 0.259 e. The molecule has 0 amide bonds. The molecule has 0 bridgehead atoms. The number of furan rings is 1. The van der Waals surface area contributed by atoms with Crippen LogP contribution in [0.5, 0.6) is 0 Å². The molecule has 5 aromatic rings. The fourth-order valence-corrected chi connectivity index (χ4v) is 5.26. The number of para-hydroxylation sites is 1. The van der Waals surface area contributed by atoms with E-state index in [9.17, 15) is 0 Å². The molecule has 2 aliphatic heterocycles. The van der Waals surface area contributed by atoms with Crippen molar-refractivity contribution in [1.82, 2.24) is 34.4 Å². The predicted molar refractivity (Wildman–Crippen MR) is 127 cm³/mol. The summed E-state index contributed by atoms with van der Waals surface area (Å²) in [5.74, 6) is 2.86. The zero-order valence-electron chi connectivity index (χ0n) is 18.4. The van der Waals surface area contributed by atoms with Gasteiger partial charge in [0.1, 0.15) is 0 Å². The molecule has 6 heterocycles. The summed E-state index contributed by atoms with van der Waals surface area (Å²) in [6, 6.07) is 16.6. The summed E-state index contributed by atoms with van der Waals surface area (Å²) in [5, 5.41) is 5.56. The van der Waals surface area contributed by atoms with Crippen molar-refractivity contribution in [2.45, 2.75) is 19.0 Å². The van der Waals surface area contributed by atoms with Crippen molar-refractivity contribution in [1.29, 1.82) is 0 Å². The monoisotopic (exact) mass is 453 g/mol. The van der Waals surface area contributed by atoms with E-state index in [1.807, 2.05) is 12.1 Å². The number of rotatable bonds is 4. The summed E-state index contributed by atoms with van der Waals surface area (Å²) < 4.78 is 6.86. The number of nitrogens with zero attached hydrogens (tertiary/aromatic N) is 8. The summed E-state index contributed by atoms with van der Waals surface area (Å²) in [7, 11) is 0. The fourth-order valence-electron chi connectivity index (χ4n) is 5.26. The molecule has 4 aromatic heterocycles. The molecule has 10 heteroatoms. The van der Waals surface area contributed by atoms with E-state index < -0.39 is 0 Å². The first-order valence-electron chi connectivity index (χ1n) is 11.5. The summed E-state index contributed by atoms with van der Waals surface area (Å²) in [6.07, 6.45) is 2.74. The number of benzene rings is 1. The molecule has 2 aliphatic rings. The van der Waals surface area contributed by atoms with Gasteiger partial charge in [0.15, 0.2) is 5.76 Å². The third-order valence-electron chi connectivity index (χ3n) is 6.93. The first kappa shape index (κ1) is 19.4. The standard InChI is InChI=1S/C24H23N9O/c25-22-28-23(29-24-27-21(30-33(22)24)20-6-3-11-34-20)32-12-16-9-10-31(19(16)14-32)13-17-8-7-15-4-1-2-5-18(15)26-17/h1-8,11,16,19H,9-10,12-14H2,(H2,25,27,28,29,30). The lowest BCUT2D eigenvalue weighted by atomic mass is 10.1. The highest BCUT2D eigenvalue weighted by Crippen LogP contribution is 2.34. The lowest BCUT2D eigenvalue weighted by Crippen LogP contribution is -2.35. The highest BCUT2D eigenvalue weighted by atomic mass is 16.3. The van der Waals surface area contributed by atoms with Gasteiger partial charge in [-0.15, -0.1) is 5.10 Å². The van der Waals surface area contributed by atoms with Gasteiger partial charge in [0.2, 0.25) is 17.7 Å². The van der Waals surface area contributed by atoms with E-state index in [2.05, 4.69) is 54.1 Å². The van der Waals surface area contributed by atoms with Crippen molar-refractivity contribution in [3.8, 4) is 11.6 Å². The minimum absolute atomic E-state index is 0.264. The fraction of sp³-hybridized carbons (Fsp3) is 0.292. The average Bonchev–Trinajstić information content (AvgIpc) is 3.63. The summed E-state index contributed by atoms with van der Waals surface area (Å²) in [5.41, 5.74) is 8.37. The van der Waals surface area contributed by atoms with Crippen molar-refractivity contribution in [2.24, 2.45) is 5.92 Å². The molecule has 2 saturated heterocycles. The van der Waals surface area contributed by atoms with Gasteiger partial charge in [0.05, 0.1) is 17.5 Å². The minimum Gasteiger partial charge on any atom is -0.461 e. The maximum absolute atomic E-state index is 6.22. The average molecular weight is 454 g/mol. The van der Waals surface area contributed by atoms with E-state index in [1.165, 1.54) is 9.90 Å². The Morgan fingerprint density at radius 2 is 1.91 bits per heavy atom. The van der Waals surface area contributed by atoms with Crippen LogP contribution in [0.2, 0.25) is 0 Å². The van der Waals surface area contributed by atoms with Crippen molar-refractivity contribution in [3.05, 3.63) is 60.5 Å². The Kier molecular flexibility index (Phi) is 4.28. The molecule has 0 spiro atoms. The van der Waals surface area contributed by atoms with Crippen LogP contribution < -0.4 is 10.6 Å². The van der Waals surface area contributed by atoms with Crippen LogP contribution in [0, 0.1) is 5.92 Å². The maximum Gasteiger partial charge on any atom is 0.259 e. The molecule has 1 aromatic carbocycles. The number of anilines is 2. The SMILES string of the molecule is Nc1nc(N2CC3CCN(Cc4ccc5ccccc5n4)C3C2)nc2nc(-c3ccco3)nn12. The van der Waals surface area contributed by atoms with Crippen LogP contribution in [-0.4, -0.2) is 60.1 Å². The van der Waals surface area contributed by atoms with Gasteiger partial charge in [-0.1, -0.05) is 24.3 Å². The van der Waals surface area contributed by atoms with Gasteiger partial charge in [-0.3, -0.25) is 9.88 Å². The van der Waals surface area contributed by atoms with E-state index >= 15 is 0 Å². The molecule has 0 radical (unpaired) electrons. The zero-order valence-corrected chi connectivity index (χ0v) is 18.4. The van der Waals surface area contributed by atoms with Crippen LogP contribution in [-0.2, 0) is 6.54 Å². The van der Waals surface area contributed by atoms with E-state index in [4.69, 9.17) is 15.1 Å². The van der Waals surface area contributed by atoms with Crippen LogP contribution in [0.4, 0.5) is 11.9 Å². The normalized spacial score (nSPS) is 20.5. The van der Waals surface area contributed by atoms with Gasteiger partial charge in [0, 0.05) is 31.1 Å². The third kappa shape index (κ3) is 3.18. The Morgan fingerprint density at radius 1 is 0.971 bits per heavy atom. The van der Waals surface area contributed by atoms with Crippen molar-refractivity contribution in [2.75, 3.05) is 30.3 Å². The van der Waals surface area contributed by atoms with Gasteiger partial charge in [-0.2, -0.15) is 19.5 Å². The van der Waals surface area contributed by atoms with Crippen LogP contribution in [0.3, 0.4) is 0 Å². The quantitative estimate of drug-likeness (QED) is 0.438. The Morgan fingerprint density at radius 3 is 2.82 bits per heavy atom. The number of nitrogens with two attached hydrogens (primary N) is 1. The maximum atomic E-state index is 6.22. The van der Waals surface area contributed by atoms with Crippen LogP contribution >= 0.6 is 0 Å². The third-order valence-corrected chi connectivity index (χ3v) is 6.93. The second-order valence-electron chi connectivity index (χ2n) is 8.99. The van der Waals surface area contributed by atoms with Gasteiger partial charge in [0.25, 0.3) is 5.78 Å². The number of pyridine rings is 1. The number of hydrogen-bond acceptors (Lipinski definition) is 9. The molecule has 2 N–H and O–H groups in total. The van der Waals surface area contributed by atoms with Crippen LogP contribution in [0.1, 0.15) is 12.1 Å². The Balaban J connectivity index is 1.12. The molecular weight excluding hydrogens is 430 g/mol. The lowest BCUT2D eigenvalue weighted by molar-refractivity contribution is 0.243. The zero-order chi connectivity index (χ0) is 22.6. The molecule has 10 nitrogen and oxygen atoms in total. The first-order chi connectivity index (χ1) is 16.7. The Labute approximate surface area is 195 Å². The predicted octanol–water partition coefficient (Wildman–Crippen LogP) is 2.62. The van der Waals surface area contributed by atoms with Crippen molar-refractivity contribution in [3.63, 3.8) is 0 Å². The number of fused-ring (bicyclic) bond motifs is 3. The number of likely N-dealkylation sites (tertiary alicyclic amines) is 1. The summed E-state index contributed by atoms with van der Waals surface area (Å²) in [4.78, 5) is 23.3. The van der Waals surface area contributed by atoms with E-state index in [0.29, 0.717) is 35.3 Å². The van der Waals surface area contributed by atoms with Crippen molar-refractivity contribution < 1.29 is 4.42 Å². The highest BCUT2D eigenvalue weighted by Gasteiger charge is 2.42. The summed E-state index contributed by atoms with van der Waals surface area (Å²) in [6.45, 7) is 3.68. The number of nitrogen functional groups attached to an aromatic ring is 1. The number of aromatic nitrogens is 6. The van der Waals surface area contributed by atoms with E-state index in [-0.39, 0.29) is 5.95 Å². The molecule has 7 rings (SSSR count). The van der Waals surface area contributed by atoms with Gasteiger partial charge < -0.3 is 15.1 Å². The van der Waals surface area contributed by atoms with Crippen LogP contribution in [0.15, 0.2) is 59.2 Å². The molecule has 2 fully saturated rings. The topological polar surface area (TPSA) is 114 Å². The van der Waals surface area contributed by atoms with Crippen molar-refractivity contribution >= 4 is 28.6 Å². The molecule has 2 unspecified atom stereocenters. The molecule has 170 valence electrons. The molecule has 34 heavy (non-hydrogen) atoms. The second kappa shape index (κ2) is 7.49.